The predicted molar refractivity (Wildman–Crippen MR) is 120 cm³/mol. The summed E-state index contributed by atoms with van der Waals surface area (Å²) in [5.74, 6) is 2.03. The molecule has 0 unspecified atom stereocenters. The number of hydrogen-bond acceptors (Lipinski definition) is 8. The van der Waals surface area contributed by atoms with Crippen molar-refractivity contribution < 1.29 is 4.74 Å². The lowest BCUT2D eigenvalue weighted by molar-refractivity contribution is 0.439. The molecule has 2 aliphatic rings. The van der Waals surface area contributed by atoms with Gasteiger partial charge in [0.2, 0.25) is 0 Å². The van der Waals surface area contributed by atoms with Crippen molar-refractivity contribution in [2.24, 2.45) is 11.1 Å². The second kappa shape index (κ2) is 6.52. The predicted octanol–water partition coefficient (Wildman–Crippen LogP) is 2.97. The Morgan fingerprint density at radius 3 is 2.74 bits per heavy atom. The number of H-pyrrole nitrogens is 1. The maximum Gasteiger partial charge on any atom is 0.326 e. The van der Waals surface area contributed by atoms with E-state index in [1.165, 1.54) is 12.8 Å². The number of para-hydroxylation sites is 1. The molecular weight excluding hydrogens is 392 g/mol. The van der Waals surface area contributed by atoms with Gasteiger partial charge in [0.25, 0.3) is 0 Å². The van der Waals surface area contributed by atoms with Crippen LogP contribution in [-0.2, 0) is 0 Å². The number of aromatic amines is 1. The first kappa shape index (κ1) is 18.3. The van der Waals surface area contributed by atoms with E-state index in [0.717, 1.165) is 46.5 Å². The minimum Gasteiger partial charge on any atom is -0.421 e. The van der Waals surface area contributed by atoms with Crippen molar-refractivity contribution in [1.82, 2.24) is 24.9 Å². The second-order valence-corrected chi connectivity index (χ2v) is 8.57. The number of rotatable bonds is 4. The monoisotopic (exact) mass is 416 g/mol. The quantitative estimate of drug-likeness (QED) is 0.465. The average molecular weight is 416 g/mol. The zero-order chi connectivity index (χ0) is 21.2. The first-order valence-electron chi connectivity index (χ1n) is 10.5. The van der Waals surface area contributed by atoms with E-state index < -0.39 is 0 Å². The molecule has 1 atom stereocenters. The van der Waals surface area contributed by atoms with Crippen LogP contribution in [-0.4, -0.2) is 51.1 Å². The third-order valence-electron chi connectivity index (χ3n) is 6.58. The Morgan fingerprint density at radius 2 is 2.03 bits per heavy atom. The third kappa shape index (κ3) is 2.88. The summed E-state index contributed by atoms with van der Waals surface area (Å²) in [4.78, 5) is 23.7. The van der Waals surface area contributed by atoms with Crippen molar-refractivity contribution in [3.05, 3.63) is 36.4 Å². The number of anilines is 2. The molecule has 2 fully saturated rings. The highest BCUT2D eigenvalue weighted by Gasteiger charge is 2.54. The average Bonchev–Trinajstić information content (AvgIpc) is 3.35. The number of hydrogen-bond donors (Lipinski definition) is 3. The summed E-state index contributed by atoms with van der Waals surface area (Å²) in [7, 11) is 1.91. The molecule has 31 heavy (non-hydrogen) atoms. The van der Waals surface area contributed by atoms with Gasteiger partial charge in [0.05, 0.1) is 29.0 Å². The van der Waals surface area contributed by atoms with Crippen molar-refractivity contribution in [2.75, 3.05) is 30.4 Å². The number of aromatic nitrogens is 5. The molecule has 0 amide bonds. The Kier molecular flexibility index (Phi) is 3.85. The van der Waals surface area contributed by atoms with Crippen molar-refractivity contribution in [3.8, 4) is 11.8 Å². The molecule has 6 rings (SSSR count). The van der Waals surface area contributed by atoms with Gasteiger partial charge in [-0.15, -0.1) is 0 Å². The van der Waals surface area contributed by atoms with Crippen LogP contribution in [0.1, 0.15) is 18.7 Å². The number of aryl methyl sites for hydroxylation is 1. The smallest absolute Gasteiger partial charge is 0.326 e. The lowest BCUT2D eigenvalue weighted by Crippen LogP contribution is -2.30. The molecule has 3 aromatic heterocycles. The third-order valence-corrected chi connectivity index (χ3v) is 6.58. The normalized spacial score (nSPS) is 19.5. The van der Waals surface area contributed by atoms with Crippen LogP contribution in [0.3, 0.4) is 0 Å². The Labute approximate surface area is 179 Å². The Bertz CT molecular complexity index is 1290. The maximum atomic E-state index is 6.51. The fourth-order valence-electron chi connectivity index (χ4n) is 4.65. The maximum absolute atomic E-state index is 6.51. The Morgan fingerprint density at radius 1 is 1.23 bits per heavy atom. The molecule has 0 bridgehead atoms. The number of benzene rings is 1. The fourth-order valence-corrected chi connectivity index (χ4v) is 4.65. The first-order chi connectivity index (χ1) is 15.1. The number of nitrogens with two attached hydrogens (primary N) is 1. The summed E-state index contributed by atoms with van der Waals surface area (Å²) in [6.07, 6.45) is 5.62. The van der Waals surface area contributed by atoms with Crippen LogP contribution < -0.4 is 20.7 Å². The van der Waals surface area contributed by atoms with Gasteiger partial charge in [-0.05, 0) is 25.8 Å². The van der Waals surface area contributed by atoms with Crippen molar-refractivity contribution >= 4 is 33.4 Å². The highest BCUT2D eigenvalue weighted by molar-refractivity contribution is 6.14. The summed E-state index contributed by atoms with van der Waals surface area (Å²) in [6.45, 7) is 3.52. The minimum atomic E-state index is 0.158. The van der Waals surface area contributed by atoms with Crippen molar-refractivity contribution in [2.45, 2.75) is 25.8 Å². The van der Waals surface area contributed by atoms with Crippen LogP contribution in [0.2, 0.25) is 0 Å². The molecule has 9 nitrogen and oxygen atoms in total. The Hall–Kier alpha value is -3.46. The van der Waals surface area contributed by atoms with Crippen molar-refractivity contribution in [1.29, 1.82) is 0 Å². The topological polar surface area (TPSA) is 118 Å². The highest BCUT2D eigenvalue weighted by atomic mass is 16.5. The molecule has 1 aromatic carbocycles. The summed E-state index contributed by atoms with van der Waals surface area (Å²) >= 11 is 0. The Balaban J connectivity index is 1.52. The SMILES string of the molecule is CNc1cccc2c1[nH]c1nc(Oc3cnc(C)nc3)nc(N3C[C@@H](N)C4(CC4)C3)c12. The first-order valence-corrected chi connectivity index (χ1v) is 10.5. The van der Waals surface area contributed by atoms with Crippen LogP contribution in [0.15, 0.2) is 30.6 Å². The summed E-state index contributed by atoms with van der Waals surface area (Å²) in [6, 6.07) is 6.59. The minimum absolute atomic E-state index is 0.158. The van der Waals surface area contributed by atoms with Gasteiger partial charge in [-0.3, -0.25) is 0 Å². The van der Waals surface area contributed by atoms with Crippen molar-refractivity contribution in [3.63, 3.8) is 0 Å². The number of nitrogens with zero attached hydrogens (tertiary/aromatic N) is 5. The van der Waals surface area contributed by atoms with Crippen LogP contribution in [0.25, 0.3) is 21.9 Å². The van der Waals surface area contributed by atoms with E-state index in [0.29, 0.717) is 11.6 Å². The van der Waals surface area contributed by atoms with Crippen LogP contribution in [0.5, 0.6) is 11.8 Å². The fraction of sp³-hybridized carbons (Fsp3) is 0.364. The lowest BCUT2D eigenvalue weighted by Gasteiger charge is -2.19. The molecule has 4 N–H and O–H groups in total. The molecule has 1 saturated heterocycles. The largest absolute Gasteiger partial charge is 0.421 e. The van der Waals surface area contributed by atoms with Gasteiger partial charge in [0.15, 0.2) is 5.75 Å². The molecular formula is C22H24N8O. The van der Waals surface area contributed by atoms with Gasteiger partial charge in [0, 0.05) is 37.0 Å². The van der Waals surface area contributed by atoms with E-state index >= 15 is 0 Å². The molecule has 1 spiro atoms. The zero-order valence-corrected chi connectivity index (χ0v) is 17.5. The van der Waals surface area contributed by atoms with Gasteiger partial charge in [-0.25, -0.2) is 9.97 Å². The second-order valence-electron chi connectivity index (χ2n) is 8.57. The van der Waals surface area contributed by atoms with E-state index in [1.54, 1.807) is 12.4 Å². The molecule has 1 aliphatic heterocycles. The van der Waals surface area contributed by atoms with Crippen LogP contribution >= 0.6 is 0 Å². The summed E-state index contributed by atoms with van der Waals surface area (Å²) in [5, 5.41) is 5.32. The molecule has 1 aliphatic carbocycles. The molecule has 4 heterocycles. The summed E-state index contributed by atoms with van der Waals surface area (Å²) in [5.41, 5.74) is 9.47. The highest BCUT2D eigenvalue weighted by Crippen LogP contribution is 2.53. The molecule has 4 aromatic rings. The molecule has 0 radical (unpaired) electrons. The van der Waals surface area contributed by atoms with Gasteiger partial charge < -0.3 is 25.7 Å². The molecule has 1 saturated carbocycles. The van der Waals surface area contributed by atoms with E-state index in [9.17, 15) is 0 Å². The summed E-state index contributed by atoms with van der Waals surface area (Å²) < 4.78 is 5.95. The van der Waals surface area contributed by atoms with Crippen LogP contribution in [0, 0.1) is 12.3 Å². The molecule has 9 heteroatoms. The van der Waals surface area contributed by atoms with Gasteiger partial charge in [-0.2, -0.15) is 9.97 Å². The number of ether oxygens (including phenoxy) is 1. The van der Waals surface area contributed by atoms with E-state index in [2.05, 4.69) is 36.2 Å². The number of fused-ring (bicyclic) bond motifs is 3. The van der Waals surface area contributed by atoms with Gasteiger partial charge in [-0.1, -0.05) is 12.1 Å². The molecule has 158 valence electrons. The van der Waals surface area contributed by atoms with Gasteiger partial charge in [0.1, 0.15) is 17.3 Å². The van der Waals surface area contributed by atoms with Crippen LogP contribution in [0.4, 0.5) is 11.5 Å². The zero-order valence-electron chi connectivity index (χ0n) is 17.5. The van der Waals surface area contributed by atoms with Gasteiger partial charge >= 0.3 is 6.01 Å². The van der Waals surface area contributed by atoms with E-state index in [1.807, 2.05) is 26.1 Å². The standard InChI is InChI=1S/C22H24N8O/c1-12-25-8-13(9-26-12)31-21-28-19-17(14-4-3-5-15(24-2)18(14)27-19)20(29-21)30-10-16(23)22(11-30)6-7-22/h3-5,8-9,16,24H,6-7,10-11,23H2,1-2H3,(H,27,28,29)/t16-/m1/s1. The van der Waals surface area contributed by atoms with E-state index in [-0.39, 0.29) is 17.5 Å². The number of nitrogens with one attached hydrogen (secondary N) is 2. The lowest BCUT2D eigenvalue weighted by atomic mass is 10.0. The van der Waals surface area contributed by atoms with E-state index in [4.69, 9.17) is 15.5 Å².